The van der Waals surface area contributed by atoms with E-state index in [4.69, 9.17) is 28.0 Å². The van der Waals surface area contributed by atoms with E-state index in [2.05, 4.69) is 4.98 Å². The molecule has 0 aliphatic carbocycles. The maximum Gasteiger partial charge on any atom is 0.0821 e. The molecule has 0 radical (unpaired) electrons. The molecule has 1 unspecified atom stereocenters. The van der Waals surface area contributed by atoms with E-state index >= 15 is 0 Å². The number of benzene rings is 1. The van der Waals surface area contributed by atoms with Crippen LogP contribution in [-0.4, -0.2) is 4.98 Å². The van der Waals surface area contributed by atoms with E-state index < -0.39 is 10.7 Å². The van der Waals surface area contributed by atoms with Crippen LogP contribution in [0.15, 0.2) is 52.9 Å². The first kappa shape index (κ1) is 13.3. The van der Waals surface area contributed by atoms with E-state index in [-0.39, 0.29) is 0 Å². The molecule has 0 aliphatic rings. The summed E-state index contributed by atoms with van der Waals surface area (Å²) >= 11 is 12.0. The van der Waals surface area contributed by atoms with Crippen LogP contribution in [0.2, 0.25) is 10.0 Å². The van der Waals surface area contributed by atoms with Crippen LogP contribution >= 0.6 is 23.2 Å². The summed E-state index contributed by atoms with van der Waals surface area (Å²) in [6.45, 7) is 0. The van der Waals surface area contributed by atoms with Crippen molar-refractivity contribution in [1.29, 1.82) is 4.78 Å². The number of hydrogen-bond donors (Lipinski definition) is 1. The van der Waals surface area contributed by atoms with Gasteiger partial charge >= 0.3 is 0 Å². The Morgan fingerprint density at radius 2 is 1.78 bits per heavy atom. The maximum atomic E-state index is 8.06. The smallest absolute Gasteiger partial charge is 0.0821 e. The third-order valence-corrected chi connectivity index (χ3v) is 4.22. The van der Waals surface area contributed by atoms with E-state index in [1.54, 1.807) is 35.9 Å². The number of aromatic nitrogens is 1. The van der Waals surface area contributed by atoms with E-state index in [9.17, 15) is 0 Å². The topological polar surface area (TPSA) is 36.7 Å². The van der Waals surface area contributed by atoms with E-state index in [1.165, 1.54) is 0 Å². The second-order valence-electron chi connectivity index (χ2n) is 3.44. The monoisotopic (exact) mass is 296 g/mol. The molecule has 0 aliphatic heterocycles. The van der Waals surface area contributed by atoms with Crippen molar-refractivity contribution in [2.45, 2.75) is 4.90 Å². The van der Waals surface area contributed by atoms with Crippen molar-refractivity contribution in [3.8, 4) is 0 Å². The fourth-order valence-corrected chi connectivity index (χ4v) is 2.83. The largest absolute Gasteiger partial charge is 0.271 e. The summed E-state index contributed by atoms with van der Waals surface area (Å²) in [4.78, 5) is 4.93. The number of nitrogens with one attached hydrogen (secondary N) is 1. The SMILES string of the molecule is N=S(/C=C/c1ncccc1Cl)c1ccccc1Cl. The fraction of sp³-hybridized carbons (Fsp3) is 0. The predicted octanol–water partition coefficient (Wildman–Crippen LogP) is 4.80. The number of pyridine rings is 1. The molecule has 1 atom stereocenters. The van der Waals surface area contributed by atoms with Gasteiger partial charge in [-0.1, -0.05) is 35.3 Å². The zero-order valence-electron chi connectivity index (χ0n) is 9.31. The highest BCUT2D eigenvalue weighted by Gasteiger charge is 2.02. The molecule has 1 N–H and O–H groups in total. The molecule has 18 heavy (non-hydrogen) atoms. The molecule has 92 valence electrons. The highest BCUT2D eigenvalue weighted by Crippen LogP contribution is 2.21. The van der Waals surface area contributed by atoms with Crippen molar-refractivity contribution in [2.24, 2.45) is 0 Å². The van der Waals surface area contributed by atoms with Gasteiger partial charge in [0, 0.05) is 11.1 Å². The molecule has 2 rings (SSSR count). The average Bonchev–Trinajstić information content (AvgIpc) is 2.38. The van der Waals surface area contributed by atoms with Crippen LogP contribution in [0.1, 0.15) is 5.69 Å². The van der Waals surface area contributed by atoms with Gasteiger partial charge in [-0.15, -0.1) is 0 Å². The molecule has 1 aromatic heterocycles. The summed E-state index contributed by atoms with van der Waals surface area (Å²) in [5.74, 6) is 0. The highest BCUT2D eigenvalue weighted by atomic mass is 35.5. The lowest BCUT2D eigenvalue weighted by Gasteiger charge is -2.02. The van der Waals surface area contributed by atoms with Crippen LogP contribution in [0.25, 0.3) is 6.08 Å². The number of halogens is 2. The molecule has 1 aromatic carbocycles. The van der Waals surface area contributed by atoms with Crippen molar-refractivity contribution in [1.82, 2.24) is 4.98 Å². The molecule has 0 amide bonds. The van der Waals surface area contributed by atoms with Gasteiger partial charge in [-0.3, -0.25) is 9.76 Å². The molecule has 2 nitrogen and oxygen atoms in total. The van der Waals surface area contributed by atoms with E-state index in [1.807, 2.05) is 18.2 Å². The Morgan fingerprint density at radius 1 is 1.06 bits per heavy atom. The Morgan fingerprint density at radius 3 is 2.50 bits per heavy atom. The van der Waals surface area contributed by atoms with Crippen molar-refractivity contribution in [3.63, 3.8) is 0 Å². The summed E-state index contributed by atoms with van der Waals surface area (Å²) in [7, 11) is -0.815. The number of hydrogen-bond acceptors (Lipinski definition) is 2. The minimum absolute atomic E-state index is 0.574. The summed E-state index contributed by atoms with van der Waals surface area (Å²) in [5, 5.41) is 2.92. The molecule has 0 saturated heterocycles. The summed E-state index contributed by atoms with van der Waals surface area (Å²) in [6, 6.07) is 10.9. The van der Waals surface area contributed by atoms with Gasteiger partial charge in [-0.05, 0) is 46.4 Å². The van der Waals surface area contributed by atoms with Crippen molar-refractivity contribution in [2.75, 3.05) is 0 Å². The Labute approximate surface area is 118 Å². The van der Waals surface area contributed by atoms with Gasteiger partial charge in [0.25, 0.3) is 0 Å². The van der Waals surface area contributed by atoms with Gasteiger partial charge in [0.05, 0.1) is 15.7 Å². The average molecular weight is 297 g/mol. The molecule has 0 spiro atoms. The fourth-order valence-electron chi connectivity index (χ4n) is 1.35. The zero-order valence-corrected chi connectivity index (χ0v) is 11.6. The molecule has 0 saturated carbocycles. The van der Waals surface area contributed by atoms with Crippen LogP contribution in [-0.2, 0) is 10.7 Å². The van der Waals surface area contributed by atoms with Crippen molar-refractivity contribution in [3.05, 3.63) is 63.7 Å². The van der Waals surface area contributed by atoms with Crippen LogP contribution in [0.4, 0.5) is 0 Å². The van der Waals surface area contributed by atoms with Gasteiger partial charge < -0.3 is 0 Å². The van der Waals surface area contributed by atoms with Gasteiger partial charge in [0.2, 0.25) is 0 Å². The molecular weight excluding hydrogens is 287 g/mol. The molecule has 0 fully saturated rings. The van der Waals surface area contributed by atoms with E-state index in [0.29, 0.717) is 15.7 Å². The first-order valence-corrected chi connectivity index (χ1v) is 7.20. The lowest BCUT2D eigenvalue weighted by molar-refractivity contribution is 1.30. The Hall–Kier alpha value is -1.16. The quantitative estimate of drug-likeness (QED) is 0.868. The zero-order chi connectivity index (χ0) is 13.0. The Kier molecular flexibility index (Phi) is 4.53. The standard InChI is InChI=1S/C13H10Cl2N2S/c14-10-5-3-8-17-12(10)7-9-18(16)13-6-2-1-4-11(13)15/h1-9,16H/b9-7+. The first-order chi connectivity index (χ1) is 8.68. The van der Waals surface area contributed by atoms with Crippen LogP contribution in [0, 0.1) is 4.78 Å². The Balaban J connectivity index is 2.23. The lowest BCUT2D eigenvalue weighted by Crippen LogP contribution is -1.86. The number of rotatable bonds is 3. The minimum atomic E-state index is -0.815. The predicted molar refractivity (Wildman–Crippen MR) is 78.1 cm³/mol. The second kappa shape index (κ2) is 6.14. The molecule has 0 bridgehead atoms. The third-order valence-electron chi connectivity index (χ3n) is 2.22. The van der Waals surface area contributed by atoms with Crippen LogP contribution < -0.4 is 0 Å². The van der Waals surface area contributed by atoms with E-state index in [0.717, 1.165) is 4.90 Å². The molecular formula is C13H10Cl2N2S. The van der Waals surface area contributed by atoms with Gasteiger partial charge in [-0.2, -0.15) is 0 Å². The molecule has 2 aromatic rings. The lowest BCUT2D eigenvalue weighted by atomic mass is 10.3. The molecule has 1 heterocycles. The van der Waals surface area contributed by atoms with Crippen molar-refractivity contribution < 1.29 is 0 Å². The van der Waals surface area contributed by atoms with Crippen LogP contribution in [0.5, 0.6) is 0 Å². The third kappa shape index (κ3) is 3.19. The second-order valence-corrected chi connectivity index (χ2v) is 5.64. The summed E-state index contributed by atoms with van der Waals surface area (Å²) in [6.07, 6.45) is 3.42. The normalized spacial score (nSPS) is 12.8. The molecule has 5 heteroatoms. The van der Waals surface area contributed by atoms with Crippen LogP contribution in [0.3, 0.4) is 0 Å². The minimum Gasteiger partial charge on any atom is -0.271 e. The summed E-state index contributed by atoms with van der Waals surface area (Å²) in [5.41, 5.74) is 0.663. The van der Waals surface area contributed by atoms with Crippen molar-refractivity contribution >= 4 is 40.0 Å². The Bertz CT molecular complexity index is 611. The van der Waals surface area contributed by atoms with Gasteiger partial charge in [0.15, 0.2) is 0 Å². The highest BCUT2D eigenvalue weighted by molar-refractivity contribution is 7.89. The maximum absolute atomic E-state index is 8.06. The van der Waals surface area contributed by atoms with Gasteiger partial charge in [-0.25, -0.2) is 0 Å². The first-order valence-electron chi connectivity index (χ1n) is 5.16. The number of nitrogens with zero attached hydrogens (tertiary/aromatic N) is 1. The van der Waals surface area contributed by atoms with Gasteiger partial charge in [0.1, 0.15) is 0 Å². The summed E-state index contributed by atoms with van der Waals surface area (Å²) < 4.78 is 8.06.